The zero-order chi connectivity index (χ0) is 12.4. The molecule has 0 amide bonds. The van der Waals surface area contributed by atoms with E-state index in [4.69, 9.17) is 4.42 Å². The highest BCUT2D eigenvalue weighted by Gasteiger charge is 2.07. The van der Waals surface area contributed by atoms with E-state index in [9.17, 15) is 0 Å². The molecule has 1 aromatic carbocycles. The van der Waals surface area contributed by atoms with E-state index in [2.05, 4.69) is 22.4 Å². The van der Waals surface area contributed by atoms with Crippen LogP contribution in [0.25, 0.3) is 22.1 Å². The van der Waals surface area contributed by atoms with Crippen LogP contribution in [-0.4, -0.2) is 12.0 Å². The lowest BCUT2D eigenvalue weighted by Gasteiger charge is -2.03. The Morgan fingerprint density at radius 1 is 1.17 bits per heavy atom. The molecule has 0 unspecified atom stereocenters. The molecule has 2 heterocycles. The summed E-state index contributed by atoms with van der Waals surface area (Å²) in [4.78, 5) is 4.14. The summed E-state index contributed by atoms with van der Waals surface area (Å²) in [6.07, 6.45) is 3.68. The average Bonchev–Trinajstić information content (AvgIpc) is 2.87. The van der Waals surface area contributed by atoms with Crippen molar-refractivity contribution < 1.29 is 4.42 Å². The van der Waals surface area contributed by atoms with Crippen LogP contribution in [0.2, 0.25) is 0 Å². The number of rotatable bonds is 3. The third-order valence-corrected chi connectivity index (χ3v) is 2.96. The van der Waals surface area contributed by atoms with E-state index in [0.29, 0.717) is 0 Å². The minimum Gasteiger partial charge on any atom is -0.460 e. The first-order valence-corrected chi connectivity index (χ1v) is 5.95. The van der Waals surface area contributed by atoms with Crippen LogP contribution in [0.15, 0.2) is 53.2 Å². The first-order valence-electron chi connectivity index (χ1n) is 5.95. The van der Waals surface area contributed by atoms with Crippen molar-refractivity contribution in [3.63, 3.8) is 0 Å². The van der Waals surface area contributed by atoms with Crippen molar-refractivity contribution in [2.75, 3.05) is 7.05 Å². The van der Waals surface area contributed by atoms with Gasteiger partial charge in [-0.1, -0.05) is 18.2 Å². The Bertz CT molecular complexity index is 668. The molecule has 1 N–H and O–H groups in total. The number of furan rings is 1. The minimum atomic E-state index is 0.742. The van der Waals surface area contributed by atoms with Gasteiger partial charge in [0.1, 0.15) is 11.5 Å². The zero-order valence-corrected chi connectivity index (χ0v) is 10.2. The van der Waals surface area contributed by atoms with Crippen LogP contribution in [0.4, 0.5) is 0 Å². The van der Waals surface area contributed by atoms with Gasteiger partial charge in [0.15, 0.2) is 0 Å². The van der Waals surface area contributed by atoms with Crippen molar-refractivity contribution in [3.05, 3.63) is 54.6 Å². The van der Waals surface area contributed by atoms with Crippen molar-refractivity contribution >= 4 is 10.8 Å². The zero-order valence-electron chi connectivity index (χ0n) is 10.2. The SMILES string of the molecule is CNCc1ccc(-c2cccc3cnccc23)o1. The van der Waals surface area contributed by atoms with Gasteiger partial charge in [-0.05, 0) is 30.6 Å². The van der Waals surface area contributed by atoms with Crippen molar-refractivity contribution in [3.8, 4) is 11.3 Å². The quantitative estimate of drug-likeness (QED) is 0.761. The van der Waals surface area contributed by atoms with Gasteiger partial charge in [-0.25, -0.2) is 0 Å². The van der Waals surface area contributed by atoms with Crippen LogP contribution in [0.3, 0.4) is 0 Å². The third-order valence-electron chi connectivity index (χ3n) is 2.96. The van der Waals surface area contributed by atoms with Gasteiger partial charge in [0.05, 0.1) is 6.54 Å². The van der Waals surface area contributed by atoms with Crippen molar-refractivity contribution in [1.29, 1.82) is 0 Å². The van der Waals surface area contributed by atoms with Crippen LogP contribution in [-0.2, 0) is 6.54 Å². The molecule has 0 atom stereocenters. The number of fused-ring (bicyclic) bond motifs is 1. The molecule has 3 aromatic rings. The molecule has 0 spiro atoms. The summed E-state index contributed by atoms with van der Waals surface area (Å²) in [5, 5.41) is 5.37. The van der Waals surface area contributed by atoms with Crippen molar-refractivity contribution in [2.45, 2.75) is 6.54 Å². The van der Waals surface area contributed by atoms with Crippen molar-refractivity contribution in [2.24, 2.45) is 0 Å². The Kier molecular flexibility index (Phi) is 2.82. The second-order valence-corrected chi connectivity index (χ2v) is 4.20. The molecule has 0 bridgehead atoms. The molecule has 0 aliphatic carbocycles. The number of aromatic nitrogens is 1. The molecule has 0 fully saturated rings. The molecular formula is C15H14N2O. The third kappa shape index (κ3) is 1.89. The number of hydrogen-bond donors (Lipinski definition) is 1. The lowest BCUT2D eigenvalue weighted by molar-refractivity contribution is 0.507. The van der Waals surface area contributed by atoms with Crippen LogP contribution in [0, 0.1) is 0 Å². The highest BCUT2D eigenvalue weighted by atomic mass is 16.3. The Hall–Kier alpha value is -2.13. The molecular weight excluding hydrogens is 224 g/mol. The molecule has 3 nitrogen and oxygen atoms in total. The first kappa shape index (κ1) is 11.0. The summed E-state index contributed by atoms with van der Waals surface area (Å²) in [6.45, 7) is 0.742. The molecule has 3 heteroatoms. The first-order chi connectivity index (χ1) is 8.88. The molecule has 0 aliphatic rings. The predicted molar refractivity (Wildman–Crippen MR) is 72.2 cm³/mol. The molecule has 18 heavy (non-hydrogen) atoms. The van der Waals surface area contributed by atoms with Crippen LogP contribution in [0.1, 0.15) is 5.76 Å². The molecule has 0 aliphatic heterocycles. The smallest absolute Gasteiger partial charge is 0.134 e. The average molecular weight is 238 g/mol. The van der Waals surface area contributed by atoms with E-state index in [0.717, 1.165) is 34.4 Å². The molecule has 90 valence electrons. The highest BCUT2D eigenvalue weighted by molar-refractivity contribution is 5.94. The topological polar surface area (TPSA) is 38.1 Å². The van der Waals surface area contributed by atoms with E-state index in [-0.39, 0.29) is 0 Å². The minimum absolute atomic E-state index is 0.742. The van der Waals surface area contributed by atoms with Crippen molar-refractivity contribution in [1.82, 2.24) is 10.3 Å². The second kappa shape index (κ2) is 4.63. The maximum atomic E-state index is 5.84. The van der Waals surface area contributed by atoms with Gasteiger partial charge >= 0.3 is 0 Å². The summed E-state index contributed by atoms with van der Waals surface area (Å²) in [5.74, 6) is 1.84. The number of nitrogens with zero attached hydrogens (tertiary/aromatic N) is 1. The summed E-state index contributed by atoms with van der Waals surface area (Å²) in [5.41, 5.74) is 1.11. The fourth-order valence-electron chi connectivity index (χ4n) is 2.13. The fraction of sp³-hybridized carbons (Fsp3) is 0.133. The second-order valence-electron chi connectivity index (χ2n) is 4.20. The molecule has 2 aromatic heterocycles. The Morgan fingerprint density at radius 3 is 3.00 bits per heavy atom. The van der Waals surface area contributed by atoms with Gasteiger partial charge in [0.25, 0.3) is 0 Å². The normalized spacial score (nSPS) is 10.9. The maximum absolute atomic E-state index is 5.84. The maximum Gasteiger partial charge on any atom is 0.134 e. The summed E-state index contributed by atoms with van der Waals surface area (Å²) in [6, 6.07) is 12.2. The van der Waals surface area contributed by atoms with Gasteiger partial charge in [-0.15, -0.1) is 0 Å². The lowest BCUT2D eigenvalue weighted by Crippen LogP contribution is -2.03. The number of hydrogen-bond acceptors (Lipinski definition) is 3. The molecule has 0 saturated carbocycles. The number of nitrogens with one attached hydrogen (secondary N) is 1. The highest BCUT2D eigenvalue weighted by Crippen LogP contribution is 2.29. The Labute approximate surface area is 105 Å². The van der Waals surface area contributed by atoms with Gasteiger partial charge in [-0.3, -0.25) is 4.98 Å². The van der Waals surface area contributed by atoms with E-state index in [1.165, 1.54) is 0 Å². The Morgan fingerprint density at radius 2 is 2.11 bits per heavy atom. The van der Waals surface area contributed by atoms with E-state index in [1.807, 2.05) is 43.7 Å². The van der Waals surface area contributed by atoms with Gasteiger partial charge in [0.2, 0.25) is 0 Å². The van der Waals surface area contributed by atoms with E-state index < -0.39 is 0 Å². The number of pyridine rings is 1. The van der Waals surface area contributed by atoms with E-state index >= 15 is 0 Å². The lowest BCUT2D eigenvalue weighted by atomic mass is 10.1. The van der Waals surface area contributed by atoms with Gasteiger partial charge in [-0.2, -0.15) is 0 Å². The van der Waals surface area contributed by atoms with Gasteiger partial charge in [0, 0.05) is 23.3 Å². The fourth-order valence-corrected chi connectivity index (χ4v) is 2.13. The molecule has 0 radical (unpaired) electrons. The van der Waals surface area contributed by atoms with Crippen LogP contribution in [0.5, 0.6) is 0 Å². The largest absolute Gasteiger partial charge is 0.460 e. The predicted octanol–water partition coefficient (Wildman–Crippen LogP) is 3.21. The standard InChI is InChI=1S/C15H14N2O/c1-16-10-12-5-6-15(18-12)14-4-2-3-11-9-17-8-7-13(11)14/h2-9,16H,10H2,1H3. The van der Waals surface area contributed by atoms with Crippen LogP contribution < -0.4 is 5.32 Å². The number of benzene rings is 1. The van der Waals surface area contributed by atoms with Gasteiger partial charge < -0.3 is 9.73 Å². The summed E-state index contributed by atoms with van der Waals surface area (Å²) >= 11 is 0. The summed E-state index contributed by atoms with van der Waals surface area (Å²) < 4.78 is 5.84. The summed E-state index contributed by atoms with van der Waals surface area (Å²) in [7, 11) is 1.91. The monoisotopic (exact) mass is 238 g/mol. The molecule has 3 rings (SSSR count). The Balaban J connectivity index is 2.12. The van der Waals surface area contributed by atoms with E-state index in [1.54, 1.807) is 0 Å². The molecule has 0 saturated heterocycles. The van der Waals surface area contributed by atoms with Crippen LogP contribution >= 0.6 is 0 Å².